The van der Waals surface area contributed by atoms with Gasteiger partial charge in [-0.05, 0) is 48.7 Å². The molecule has 3 aromatic heterocycles. The Hall–Kier alpha value is -3.72. The number of anilines is 1. The maximum Gasteiger partial charge on any atom is 0.339 e. The quantitative estimate of drug-likeness (QED) is 0.381. The van der Waals surface area contributed by atoms with E-state index in [1.54, 1.807) is 13.0 Å². The molecule has 2 N–H and O–H groups in total. The van der Waals surface area contributed by atoms with E-state index < -0.39 is 18.5 Å². The summed E-state index contributed by atoms with van der Waals surface area (Å²) in [4.78, 5) is 30.1. The van der Waals surface area contributed by atoms with Crippen LogP contribution >= 0.6 is 11.3 Å². The number of hydrogen-bond donors (Lipinski definition) is 2. The number of benzene rings is 1. The molecule has 8 nitrogen and oxygen atoms in total. The molecule has 9 heteroatoms. The summed E-state index contributed by atoms with van der Waals surface area (Å²) in [5.74, 6) is -1.10. The highest BCUT2D eigenvalue weighted by atomic mass is 32.1. The van der Waals surface area contributed by atoms with Crippen molar-refractivity contribution in [3.8, 4) is 16.3 Å². The smallest absolute Gasteiger partial charge is 0.339 e. The molecule has 0 bridgehead atoms. The number of hydrogen-bond acceptors (Lipinski definition) is 8. The second-order valence-corrected chi connectivity index (χ2v) is 7.10. The lowest BCUT2D eigenvalue weighted by molar-refractivity contribution is -0.119. The summed E-state index contributed by atoms with van der Waals surface area (Å²) in [6, 6.07) is 11.3. The van der Waals surface area contributed by atoms with E-state index in [-0.39, 0.29) is 17.0 Å². The average molecular weight is 409 g/mol. The molecule has 0 fully saturated rings. The fourth-order valence-corrected chi connectivity index (χ4v) is 3.44. The molecule has 0 saturated heterocycles. The lowest BCUT2D eigenvalue weighted by atomic mass is 10.1. The maximum absolute atomic E-state index is 12.7. The summed E-state index contributed by atoms with van der Waals surface area (Å²) in [6.45, 7) is 1.23. The highest BCUT2D eigenvalue weighted by Gasteiger charge is 2.21. The summed E-state index contributed by atoms with van der Waals surface area (Å²) in [6.07, 6.45) is 0. The Morgan fingerprint density at radius 3 is 2.76 bits per heavy atom. The van der Waals surface area contributed by atoms with Crippen LogP contribution in [-0.2, 0) is 9.53 Å². The topological polar surface area (TPSA) is 115 Å². The minimum Gasteiger partial charge on any atom is -0.508 e. The fraction of sp³-hybridized carbons (Fsp3) is 0.100. The Morgan fingerprint density at radius 2 is 2.03 bits per heavy atom. The summed E-state index contributed by atoms with van der Waals surface area (Å²) in [7, 11) is 0. The van der Waals surface area contributed by atoms with Crippen LogP contribution in [0, 0.1) is 6.92 Å². The van der Waals surface area contributed by atoms with Gasteiger partial charge in [0.25, 0.3) is 11.6 Å². The van der Waals surface area contributed by atoms with Crippen LogP contribution in [0.5, 0.6) is 5.75 Å². The molecule has 146 valence electrons. The van der Waals surface area contributed by atoms with Gasteiger partial charge >= 0.3 is 5.97 Å². The van der Waals surface area contributed by atoms with Gasteiger partial charge in [0.05, 0.1) is 27.2 Å². The van der Waals surface area contributed by atoms with Crippen LogP contribution in [0.1, 0.15) is 16.1 Å². The molecule has 0 aliphatic rings. The molecule has 3 heterocycles. The van der Waals surface area contributed by atoms with Crippen molar-refractivity contribution < 1.29 is 24.0 Å². The fourth-order valence-electron chi connectivity index (χ4n) is 2.76. The summed E-state index contributed by atoms with van der Waals surface area (Å²) < 4.78 is 10.4. The zero-order chi connectivity index (χ0) is 20.4. The Bertz CT molecular complexity index is 1180. The van der Waals surface area contributed by atoms with Crippen molar-refractivity contribution in [3.05, 3.63) is 59.1 Å². The van der Waals surface area contributed by atoms with Gasteiger partial charge in [-0.3, -0.25) is 4.79 Å². The molecule has 4 aromatic rings. The number of rotatable bonds is 5. The lowest BCUT2D eigenvalue weighted by Gasteiger charge is -2.08. The number of esters is 1. The first kappa shape index (κ1) is 18.6. The second kappa shape index (κ2) is 7.72. The molecule has 0 aliphatic heterocycles. The largest absolute Gasteiger partial charge is 0.508 e. The number of aromatic nitrogens is 2. The Kier molecular flexibility index (Phi) is 4.96. The zero-order valence-electron chi connectivity index (χ0n) is 15.2. The number of aromatic hydroxyl groups is 1. The minimum atomic E-state index is -0.678. The number of nitrogens with zero attached hydrogens (tertiary/aromatic N) is 2. The first-order valence-electron chi connectivity index (χ1n) is 8.58. The summed E-state index contributed by atoms with van der Waals surface area (Å²) in [5.41, 5.74) is 2.00. The van der Waals surface area contributed by atoms with Crippen molar-refractivity contribution in [1.29, 1.82) is 0 Å². The van der Waals surface area contributed by atoms with E-state index in [2.05, 4.69) is 15.5 Å². The predicted molar refractivity (Wildman–Crippen MR) is 107 cm³/mol. The van der Waals surface area contributed by atoms with Crippen LogP contribution in [0.4, 0.5) is 5.69 Å². The van der Waals surface area contributed by atoms with Crippen LogP contribution in [0.3, 0.4) is 0 Å². The van der Waals surface area contributed by atoms with Crippen molar-refractivity contribution >= 4 is 40.0 Å². The Labute approximate surface area is 168 Å². The van der Waals surface area contributed by atoms with Gasteiger partial charge in [0.1, 0.15) is 5.75 Å². The predicted octanol–water partition coefficient (Wildman–Crippen LogP) is 3.76. The van der Waals surface area contributed by atoms with Crippen LogP contribution in [0.25, 0.3) is 21.7 Å². The van der Waals surface area contributed by atoms with E-state index in [0.29, 0.717) is 22.5 Å². The van der Waals surface area contributed by atoms with Crippen LogP contribution in [0.15, 0.2) is 52.4 Å². The number of amides is 1. The molecule has 0 atom stereocenters. The Morgan fingerprint density at radius 1 is 1.24 bits per heavy atom. The van der Waals surface area contributed by atoms with Crippen molar-refractivity contribution in [1.82, 2.24) is 10.1 Å². The number of phenols is 1. The number of fused-ring (bicyclic) bond motifs is 1. The van der Waals surface area contributed by atoms with E-state index in [1.807, 2.05) is 17.5 Å². The highest BCUT2D eigenvalue weighted by molar-refractivity contribution is 7.13. The van der Waals surface area contributed by atoms with Gasteiger partial charge in [-0.2, -0.15) is 0 Å². The standard InChI is InChI=1S/C20H15N3O5S/c1-11-18-14(9-15(16-3-2-8-29-16)22-19(18)28-23-11)20(26)27-10-17(25)21-12-4-6-13(24)7-5-12/h2-9,24H,10H2,1H3,(H,21,25). The molecule has 29 heavy (non-hydrogen) atoms. The first-order valence-corrected chi connectivity index (χ1v) is 9.46. The van der Waals surface area contributed by atoms with E-state index in [0.717, 1.165) is 4.88 Å². The van der Waals surface area contributed by atoms with Gasteiger partial charge in [0, 0.05) is 5.69 Å². The molecular weight excluding hydrogens is 394 g/mol. The van der Waals surface area contributed by atoms with Crippen LogP contribution in [-0.4, -0.2) is 33.7 Å². The minimum absolute atomic E-state index is 0.0850. The molecular formula is C20H15N3O5S. The number of phenolic OH excluding ortho intramolecular Hbond substituents is 1. The molecule has 1 aromatic carbocycles. The number of carbonyl (C=O) groups is 2. The molecule has 0 spiro atoms. The summed E-state index contributed by atoms with van der Waals surface area (Å²) in [5, 5.41) is 18.1. The highest BCUT2D eigenvalue weighted by Crippen LogP contribution is 2.29. The van der Waals surface area contributed by atoms with E-state index in [4.69, 9.17) is 9.26 Å². The monoisotopic (exact) mass is 409 g/mol. The summed E-state index contributed by atoms with van der Waals surface area (Å²) >= 11 is 1.47. The van der Waals surface area contributed by atoms with Crippen molar-refractivity contribution in [2.75, 3.05) is 11.9 Å². The van der Waals surface area contributed by atoms with Gasteiger partial charge < -0.3 is 19.7 Å². The van der Waals surface area contributed by atoms with E-state index >= 15 is 0 Å². The number of aryl methyl sites for hydroxylation is 1. The maximum atomic E-state index is 12.7. The number of nitrogens with one attached hydrogen (secondary N) is 1. The van der Waals surface area contributed by atoms with Gasteiger partial charge in [-0.25, -0.2) is 9.78 Å². The molecule has 0 saturated carbocycles. The van der Waals surface area contributed by atoms with Gasteiger partial charge in [0.15, 0.2) is 6.61 Å². The van der Waals surface area contributed by atoms with Crippen molar-refractivity contribution in [3.63, 3.8) is 0 Å². The first-order chi connectivity index (χ1) is 14.0. The molecule has 1 amide bonds. The third kappa shape index (κ3) is 3.94. The second-order valence-electron chi connectivity index (χ2n) is 6.15. The van der Waals surface area contributed by atoms with E-state index in [1.165, 1.54) is 35.6 Å². The third-order valence-corrected chi connectivity index (χ3v) is 4.99. The Balaban J connectivity index is 1.54. The number of ether oxygens (including phenoxy) is 1. The van der Waals surface area contributed by atoms with Crippen molar-refractivity contribution in [2.45, 2.75) is 6.92 Å². The van der Waals surface area contributed by atoms with E-state index in [9.17, 15) is 14.7 Å². The van der Waals surface area contributed by atoms with Crippen molar-refractivity contribution in [2.24, 2.45) is 0 Å². The molecule has 0 radical (unpaired) electrons. The SMILES string of the molecule is Cc1noc2nc(-c3cccs3)cc(C(=O)OCC(=O)Nc3ccc(O)cc3)c12. The lowest BCUT2D eigenvalue weighted by Crippen LogP contribution is -2.21. The van der Waals surface area contributed by atoms with Crippen LogP contribution < -0.4 is 5.32 Å². The van der Waals surface area contributed by atoms with Gasteiger partial charge in [-0.15, -0.1) is 11.3 Å². The third-order valence-electron chi connectivity index (χ3n) is 4.10. The van der Waals surface area contributed by atoms with Gasteiger partial charge in [-0.1, -0.05) is 11.2 Å². The normalized spacial score (nSPS) is 10.8. The number of carbonyl (C=O) groups excluding carboxylic acids is 2. The molecule has 0 aliphatic carbocycles. The zero-order valence-corrected chi connectivity index (χ0v) is 16.0. The van der Waals surface area contributed by atoms with Crippen LogP contribution in [0.2, 0.25) is 0 Å². The van der Waals surface area contributed by atoms with Gasteiger partial charge in [0.2, 0.25) is 0 Å². The number of thiophene rings is 1. The molecule has 4 rings (SSSR count). The molecule has 0 unspecified atom stereocenters. The number of pyridine rings is 1. The average Bonchev–Trinajstić information content (AvgIpc) is 3.38.